The number of ether oxygens (including phenoxy) is 1. The number of aliphatic hydroxyl groups is 1. The van der Waals surface area contributed by atoms with Crippen LogP contribution >= 0.6 is 11.3 Å². The van der Waals surface area contributed by atoms with Crippen molar-refractivity contribution >= 4 is 27.5 Å². The Morgan fingerprint density at radius 1 is 1.41 bits per heavy atom. The molecule has 3 aromatic heterocycles. The van der Waals surface area contributed by atoms with Gasteiger partial charge in [-0.05, 0) is 12.1 Å². The number of aliphatic hydroxyl groups excluding tert-OH is 1. The van der Waals surface area contributed by atoms with Gasteiger partial charge in [-0.3, -0.25) is 14.4 Å². The van der Waals surface area contributed by atoms with Gasteiger partial charge in [0.25, 0.3) is 5.91 Å². The number of likely N-dealkylation sites (N-methyl/N-ethyl adjacent to an activating group) is 1. The van der Waals surface area contributed by atoms with E-state index in [2.05, 4.69) is 15.0 Å². The molecule has 8 nitrogen and oxygen atoms in total. The first kappa shape index (κ1) is 20.0. The monoisotopic (exact) mass is 415 g/mol. The van der Waals surface area contributed by atoms with Crippen LogP contribution in [0, 0.1) is 0 Å². The number of nitrogens with zero attached hydrogens (tertiary/aromatic N) is 5. The van der Waals surface area contributed by atoms with Crippen molar-refractivity contribution in [1.29, 1.82) is 0 Å². The molecule has 0 bridgehead atoms. The first-order chi connectivity index (χ1) is 14.1. The Balaban J connectivity index is 1.65. The maximum Gasteiger partial charge on any atom is 0.264 e. The lowest BCUT2D eigenvalue weighted by Gasteiger charge is -2.33. The second kappa shape index (κ2) is 8.58. The third-order valence-corrected chi connectivity index (χ3v) is 6.38. The summed E-state index contributed by atoms with van der Waals surface area (Å²) in [5, 5.41) is 14.4. The van der Waals surface area contributed by atoms with Gasteiger partial charge in [-0.1, -0.05) is 6.07 Å². The highest BCUT2D eigenvalue weighted by Crippen LogP contribution is 2.38. The van der Waals surface area contributed by atoms with Crippen molar-refractivity contribution in [3.8, 4) is 0 Å². The molecule has 1 aliphatic rings. The largest absolute Gasteiger partial charge is 0.395 e. The molecule has 4 rings (SSSR count). The van der Waals surface area contributed by atoms with E-state index >= 15 is 0 Å². The van der Waals surface area contributed by atoms with E-state index < -0.39 is 0 Å². The van der Waals surface area contributed by atoms with E-state index in [1.165, 1.54) is 11.3 Å². The first-order valence-electron chi connectivity index (χ1n) is 9.63. The van der Waals surface area contributed by atoms with Gasteiger partial charge >= 0.3 is 0 Å². The van der Waals surface area contributed by atoms with Crippen molar-refractivity contribution in [3.05, 3.63) is 46.7 Å². The molecule has 1 amide bonds. The van der Waals surface area contributed by atoms with Crippen molar-refractivity contribution in [1.82, 2.24) is 24.6 Å². The minimum Gasteiger partial charge on any atom is -0.395 e. The molecule has 1 N–H and O–H groups in total. The topological polar surface area (TPSA) is 83.7 Å². The molecule has 1 saturated heterocycles. The van der Waals surface area contributed by atoms with Crippen LogP contribution < -0.4 is 0 Å². The summed E-state index contributed by atoms with van der Waals surface area (Å²) in [7, 11) is 3.65. The fourth-order valence-electron chi connectivity index (χ4n) is 3.66. The average Bonchev–Trinajstić information content (AvgIpc) is 3.31. The molecule has 1 atom stereocenters. The average molecular weight is 416 g/mol. The minimum atomic E-state index is -0.212. The van der Waals surface area contributed by atoms with Gasteiger partial charge in [0.15, 0.2) is 0 Å². The number of pyridine rings is 1. The summed E-state index contributed by atoms with van der Waals surface area (Å²) in [6.45, 7) is 3.12. The van der Waals surface area contributed by atoms with Crippen LogP contribution in [-0.4, -0.2) is 75.5 Å². The predicted octanol–water partition coefficient (Wildman–Crippen LogP) is 1.67. The number of fused-ring (bicyclic) bond motifs is 1. The molecule has 29 heavy (non-hydrogen) atoms. The highest BCUT2D eigenvalue weighted by atomic mass is 32.1. The second-order valence-electron chi connectivity index (χ2n) is 7.19. The zero-order chi connectivity index (χ0) is 20.4. The molecule has 1 aliphatic heterocycles. The van der Waals surface area contributed by atoms with Crippen LogP contribution in [0.25, 0.3) is 10.2 Å². The standard InChI is InChI=1S/C20H25N5O3S/c1-23(8-10-26)20(27)18-17(15-4-3-6-21-19(15)29-18)16-13-25(9-11-28-16)12-14-5-7-22-24(14)2/h3-7,16,26H,8-13H2,1-2H3. The maximum absolute atomic E-state index is 13.1. The molecule has 1 fully saturated rings. The van der Waals surface area contributed by atoms with Gasteiger partial charge in [-0.2, -0.15) is 5.10 Å². The molecule has 0 spiro atoms. The maximum atomic E-state index is 13.1. The lowest BCUT2D eigenvalue weighted by atomic mass is 10.0. The summed E-state index contributed by atoms with van der Waals surface area (Å²) >= 11 is 1.39. The third-order valence-electron chi connectivity index (χ3n) is 5.26. The van der Waals surface area contributed by atoms with E-state index in [1.54, 1.807) is 24.3 Å². The number of rotatable bonds is 6. The fourth-order valence-corrected chi connectivity index (χ4v) is 4.85. The molecule has 9 heteroatoms. The number of thiophene rings is 1. The Hall–Kier alpha value is -2.33. The summed E-state index contributed by atoms with van der Waals surface area (Å²) in [6.07, 6.45) is 3.33. The summed E-state index contributed by atoms with van der Waals surface area (Å²) in [5.41, 5.74) is 2.05. The molecule has 1 unspecified atom stereocenters. The van der Waals surface area contributed by atoms with Crippen LogP contribution in [0.3, 0.4) is 0 Å². The zero-order valence-corrected chi connectivity index (χ0v) is 17.4. The quantitative estimate of drug-likeness (QED) is 0.659. The number of hydrogen-bond donors (Lipinski definition) is 1. The van der Waals surface area contributed by atoms with Gasteiger partial charge in [0, 0.05) is 63.6 Å². The van der Waals surface area contributed by atoms with Crippen molar-refractivity contribution < 1.29 is 14.6 Å². The molecule has 0 aromatic carbocycles. The Morgan fingerprint density at radius 3 is 3.03 bits per heavy atom. The van der Waals surface area contributed by atoms with Crippen LogP contribution in [0.2, 0.25) is 0 Å². The Bertz CT molecular complexity index is 1000. The Labute approximate surface area is 173 Å². The number of carbonyl (C=O) groups excluding carboxylic acids is 1. The van der Waals surface area contributed by atoms with Gasteiger partial charge in [0.2, 0.25) is 0 Å². The SMILES string of the molecule is CN(CCO)C(=O)c1sc2ncccc2c1C1CN(Cc2ccnn2C)CCO1. The van der Waals surface area contributed by atoms with E-state index in [4.69, 9.17) is 4.74 Å². The van der Waals surface area contributed by atoms with Crippen molar-refractivity contribution in [3.63, 3.8) is 0 Å². The van der Waals surface area contributed by atoms with E-state index in [-0.39, 0.29) is 25.2 Å². The minimum absolute atomic E-state index is 0.0703. The van der Waals surface area contributed by atoms with E-state index in [0.717, 1.165) is 34.6 Å². The van der Waals surface area contributed by atoms with Crippen LogP contribution in [0.15, 0.2) is 30.6 Å². The zero-order valence-electron chi connectivity index (χ0n) is 16.6. The molecule has 0 saturated carbocycles. The van der Waals surface area contributed by atoms with Gasteiger partial charge in [-0.15, -0.1) is 11.3 Å². The normalized spacial score (nSPS) is 17.7. The Kier molecular flexibility index (Phi) is 5.91. The van der Waals surface area contributed by atoms with E-state index in [9.17, 15) is 9.90 Å². The van der Waals surface area contributed by atoms with Gasteiger partial charge in [-0.25, -0.2) is 4.98 Å². The van der Waals surface area contributed by atoms with Crippen molar-refractivity contribution in [2.24, 2.45) is 7.05 Å². The van der Waals surface area contributed by atoms with Crippen LogP contribution in [0.1, 0.15) is 27.0 Å². The summed E-state index contributed by atoms with van der Waals surface area (Å²) < 4.78 is 8.02. The number of aromatic nitrogens is 3. The summed E-state index contributed by atoms with van der Waals surface area (Å²) in [4.78, 5) is 22.9. The third kappa shape index (κ3) is 4.04. The van der Waals surface area contributed by atoms with Gasteiger partial charge < -0.3 is 14.7 Å². The lowest BCUT2D eigenvalue weighted by Crippen LogP contribution is -2.39. The first-order valence-corrected chi connectivity index (χ1v) is 10.4. The molecule has 154 valence electrons. The highest BCUT2D eigenvalue weighted by Gasteiger charge is 2.31. The van der Waals surface area contributed by atoms with Crippen LogP contribution in [0.4, 0.5) is 0 Å². The molecular formula is C20H25N5O3S. The predicted molar refractivity (Wildman–Crippen MR) is 111 cm³/mol. The van der Waals surface area contributed by atoms with E-state index in [0.29, 0.717) is 18.0 Å². The number of aryl methyl sites for hydroxylation is 1. The van der Waals surface area contributed by atoms with Crippen molar-refractivity contribution in [2.45, 2.75) is 12.6 Å². The molecule has 3 aromatic rings. The molecule has 0 aliphatic carbocycles. The fraction of sp³-hybridized carbons (Fsp3) is 0.450. The van der Waals surface area contributed by atoms with Crippen LogP contribution in [0.5, 0.6) is 0 Å². The number of amides is 1. The van der Waals surface area contributed by atoms with E-state index in [1.807, 2.05) is 29.9 Å². The molecule has 0 radical (unpaired) electrons. The molecular weight excluding hydrogens is 390 g/mol. The van der Waals surface area contributed by atoms with Crippen molar-refractivity contribution in [2.75, 3.05) is 39.9 Å². The number of morpholine rings is 1. The smallest absolute Gasteiger partial charge is 0.264 e. The van der Waals surface area contributed by atoms with Gasteiger partial charge in [0.05, 0.1) is 25.0 Å². The number of carbonyl (C=O) groups is 1. The summed E-state index contributed by atoms with van der Waals surface area (Å²) in [6, 6.07) is 5.91. The Morgan fingerprint density at radius 2 is 2.28 bits per heavy atom. The molecule has 4 heterocycles. The van der Waals surface area contributed by atoms with Gasteiger partial charge in [0.1, 0.15) is 9.71 Å². The second-order valence-corrected chi connectivity index (χ2v) is 8.19. The van der Waals surface area contributed by atoms with Crippen LogP contribution in [-0.2, 0) is 18.3 Å². The summed E-state index contributed by atoms with van der Waals surface area (Å²) in [5.74, 6) is -0.107. The lowest BCUT2D eigenvalue weighted by molar-refractivity contribution is -0.0330. The highest BCUT2D eigenvalue weighted by molar-refractivity contribution is 7.20. The number of hydrogen-bond acceptors (Lipinski definition) is 7.